The van der Waals surface area contributed by atoms with Crippen molar-refractivity contribution in [2.24, 2.45) is 0 Å². The number of rotatable bonds is 6. The molecule has 4 amide bonds. The van der Waals surface area contributed by atoms with Crippen LogP contribution in [0, 0.1) is 0 Å². The van der Waals surface area contributed by atoms with E-state index in [0.717, 1.165) is 25.0 Å². The van der Waals surface area contributed by atoms with Crippen LogP contribution in [0.5, 0.6) is 5.75 Å². The molecule has 4 rings (SSSR count). The number of hydrogen-bond acceptors (Lipinski definition) is 4. The summed E-state index contributed by atoms with van der Waals surface area (Å²) in [5.74, 6) is -0.895. The maximum atomic E-state index is 13.2. The first-order chi connectivity index (χ1) is 16.8. The number of carbonyl (C=O) groups is 3. The van der Waals surface area contributed by atoms with Crippen LogP contribution in [-0.2, 0) is 16.0 Å². The molecule has 3 aromatic carbocycles. The monoisotopic (exact) mass is 616 g/mol. The number of nitrogens with one attached hydrogen (secondary N) is 1. The van der Waals surface area contributed by atoms with Gasteiger partial charge >= 0.3 is 6.03 Å². The van der Waals surface area contributed by atoms with Crippen LogP contribution in [0.2, 0.25) is 5.02 Å². The predicted octanol–water partition coefficient (Wildman–Crippen LogP) is 6.52. The van der Waals surface area contributed by atoms with Crippen molar-refractivity contribution in [1.29, 1.82) is 0 Å². The van der Waals surface area contributed by atoms with Gasteiger partial charge in [-0.05, 0) is 60.5 Å². The molecule has 0 saturated carbocycles. The summed E-state index contributed by atoms with van der Waals surface area (Å²) in [4.78, 5) is 39.1. The summed E-state index contributed by atoms with van der Waals surface area (Å²) >= 11 is 13.2. The Kier molecular flexibility index (Phi) is 7.74. The molecule has 178 valence electrons. The van der Waals surface area contributed by atoms with Crippen LogP contribution < -0.4 is 15.0 Å². The van der Waals surface area contributed by atoms with Crippen LogP contribution in [0.25, 0.3) is 6.08 Å². The smallest absolute Gasteiger partial charge is 0.335 e. The van der Waals surface area contributed by atoms with Crippen LogP contribution in [0.15, 0.2) is 75.2 Å². The van der Waals surface area contributed by atoms with Gasteiger partial charge in [-0.1, -0.05) is 67.7 Å². The van der Waals surface area contributed by atoms with E-state index < -0.39 is 17.8 Å². The second-order valence-electron chi connectivity index (χ2n) is 7.62. The van der Waals surface area contributed by atoms with E-state index in [2.05, 4.69) is 37.2 Å². The largest absolute Gasteiger partial charge is 0.494 e. The highest BCUT2D eigenvalue weighted by atomic mass is 79.9. The van der Waals surface area contributed by atoms with E-state index in [9.17, 15) is 14.4 Å². The van der Waals surface area contributed by atoms with Crippen molar-refractivity contribution in [2.45, 2.75) is 13.3 Å². The van der Waals surface area contributed by atoms with E-state index in [-0.39, 0.29) is 11.3 Å². The number of urea groups is 1. The Morgan fingerprint density at radius 1 is 1.00 bits per heavy atom. The molecule has 0 radical (unpaired) electrons. The first-order valence-electron chi connectivity index (χ1n) is 10.6. The summed E-state index contributed by atoms with van der Waals surface area (Å²) in [7, 11) is 0. The quantitative estimate of drug-likeness (QED) is 0.252. The Morgan fingerprint density at radius 2 is 1.77 bits per heavy atom. The summed E-state index contributed by atoms with van der Waals surface area (Å²) in [6.07, 6.45) is 2.04. The molecule has 0 spiro atoms. The third kappa shape index (κ3) is 5.50. The van der Waals surface area contributed by atoms with Gasteiger partial charge in [0.15, 0.2) is 0 Å². The lowest BCUT2D eigenvalue weighted by atomic mass is 10.0. The van der Waals surface area contributed by atoms with Gasteiger partial charge in [-0.15, -0.1) is 0 Å². The van der Waals surface area contributed by atoms with Gasteiger partial charge in [-0.2, -0.15) is 0 Å². The number of halogens is 3. The van der Waals surface area contributed by atoms with Gasteiger partial charge in [-0.25, -0.2) is 9.69 Å². The Bertz CT molecular complexity index is 1370. The van der Waals surface area contributed by atoms with E-state index in [1.54, 1.807) is 24.3 Å². The molecule has 1 saturated heterocycles. The minimum absolute atomic E-state index is 0.183. The molecule has 1 N–H and O–H groups in total. The topological polar surface area (TPSA) is 75.7 Å². The molecular weight excluding hydrogens is 600 g/mol. The second kappa shape index (κ2) is 10.8. The molecule has 0 bridgehead atoms. The number of ether oxygens (including phenoxy) is 1. The number of benzene rings is 3. The van der Waals surface area contributed by atoms with E-state index in [4.69, 9.17) is 16.3 Å². The summed E-state index contributed by atoms with van der Waals surface area (Å²) in [5.41, 5.74) is 2.65. The van der Waals surface area contributed by atoms with Gasteiger partial charge < -0.3 is 4.74 Å². The Balaban J connectivity index is 1.73. The fourth-order valence-electron chi connectivity index (χ4n) is 3.68. The van der Waals surface area contributed by atoms with Gasteiger partial charge in [-0.3, -0.25) is 14.9 Å². The number of carbonyl (C=O) groups excluding carboxylic acids is 3. The molecular formula is C26H19Br2ClN2O4. The second-order valence-corrected chi connectivity index (χ2v) is 9.76. The summed E-state index contributed by atoms with van der Waals surface area (Å²) in [6, 6.07) is 16.9. The summed E-state index contributed by atoms with van der Waals surface area (Å²) in [6.45, 7) is 2.32. The van der Waals surface area contributed by atoms with Crippen LogP contribution in [0.1, 0.15) is 23.6 Å². The van der Waals surface area contributed by atoms with Gasteiger partial charge in [0.1, 0.15) is 11.3 Å². The van der Waals surface area contributed by atoms with Crippen molar-refractivity contribution < 1.29 is 19.1 Å². The van der Waals surface area contributed by atoms with Gasteiger partial charge in [0.05, 0.1) is 12.3 Å². The van der Waals surface area contributed by atoms with E-state index in [0.29, 0.717) is 29.4 Å². The third-order valence-corrected chi connectivity index (χ3v) is 7.00. The number of hydrogen-bond donors (Lipinski definition) is 1. The molecule has 1 aliphatic rings. The fourth-order valence-corrected chi connectivity index (χ4v) is 4.89. The van der Waals surface area contributed by atoms with Crippen LogP contribution >= 0.6 is 43.5 Å². The van der Waals surface area contributed by atoms with Crippen molar-refractivity contribution in [3.8, 4) is 5.75 Å². The molecule has 0 unspecified atom stereocenters. The molecule has 0 atom stereocenters. The fraction of sp³-hybridized carbons (Fsp3) is 0.115. The Hall–Kier alpha value is -2.94. The zero-order valence-corrected chi connectivity index (χ0v) is 22.4. The highest BCUT2D eigenvalue weighted by Crippen LogP contribution is 2.34. The minimum atomic E-state index is -0.834. The molecule has 6 nitrogen and oxygen atoms in total. The lowest BCUT2D eigenvalue weighted by Crippen LogP contribution is -2.54. The summed E-state index contributed by atoms with van der Waals surface area (Å²) < 4.78 is 7.64. The van der Waals surface area contributed by atoms with Gasteiger partial charge in [0, 0.05) is 26.0 Å². The first-order valence-corrected chi connectivity index (χ1v) is 12.6. The van der Waals surface area contributed by atoms with Gasteiger partial charge in [0.2, 0.25) is 0 Å². The number of imide groups is 2. The molecule has 1 fully saturated rings. The normalized spacial score (nSPS) is 14.9. The lowest BCUT2D eigenvalue weighted by molar-refractivity contribution is -0.122. The van der Waals surface area contributed by atoms with Crippen molar-refractivity contribution in [3.63, 3.8) is 0 Å². The van der Waals surface area contributed by atoms with Crippen molar-refractivity contribution in [2.75, 3.05) is 11.5 Å². The summed E-state index contributed by atoms with van der Waals surface area (Å²) in [5, 5.41) is 2.58. The highest BCUT2D eigenvalue weighted by Gasteiger charge is 2.37. The van der Waals surface area contributed by atoms with Crippen molar-refractivity contribution in [3.05, 3.63) is 96.9 Å². The van der Waals surface area contributed by atoms with Gasteiger partial charge in [0.25, 0.3) is 11.8 Å². The molecule has 9 heteroatoms. The average Bonchev–Trinajstić information content (AvgIpc) is 2.80. The maximum Gasteiger partial charge on any atom is 0.335 e. The number of nitrogens with zero attached hydrogens (tertiary/aromatic N) is 1. The minimum Gasteiger partial charge on any atom is -0.494 e. The zero-order valence-electron chi connectivity index (χ0n) is 18.5. The van der Waals surface area contributed by atoms with Crippen LogP contribution in [0.4, 0.5) is 10.5 Å². The lowest BCUT2D eigenvalue weighted by Gasteiger charge is -2.26. The molecule has 0 aromatic heterocycles. The number of amides is 4. The number of barbiturate groups is 1. The van der Waals surface area contributed by atoms with E-state index in [1.807, 2.05) is 37.3 Å². The molecule has 1 heterocycles. The number of anilines is 1. The average molecular weight is 619 g/mol. The predicted molar refractivity (Wildman–Crippen MR) is 143 cm³/mol. The SMILES string of the molecule is CCOc1cc(/C=C2\C(=O)NC(=O)N(c3cccc(Cl)c3)C2=O)cc(Br)c1Cc1ccccc1Br. The highest BCUT2D eigenvalue weighted by molar-refractivity contribution is 9.10. The standard InChI is InChI=1S/C26H19Br2ClN2O4/c1-2-35-23-12-15(11-22(28)19(23)13-16-6-3-4-9-21(16)27)10-20-24(32)30-26(34)31(25(20)33)18-8-5-7-17(29)14-18/h3-12,14H,2,13H2,1H3,(H,30,32,34)/b20-10+. The molecule has 3 aromatic rings. The van der Waals surface area contributed by atoms with Crippen LogP contribution in [0.3, 0.4) is 0 Å². The zero-order chi connectivity index (χ0) is 25.1. The van der Waals surface area contributed by atoms with Crippen molar-refractivity contribution in [1.82, 2.24) is 5.32 Å². The molecule has 0 aliphatic carbocycles. The molecule has 35 heavy (non-hydrogen) atoms. The van der Waals surface area contributed by atoms with E-state index in [1.165, 1.54) is 12.1 Å². The van der Waals surface area contributed by atoms with E-state index >= 15 is 0 Å². The molecule has 1 aliphatic heterocycles. The Morgan fingerprint density at radius 3 is 2.49 bits per heavy atom. The third-order valence-electron chi connectivity index (χ3n) is 5.28. The van der Waals surface area contributed by atoms with Crippen molar-refractivity contribution >= 4 is 73.1 Å². The first kappa shape index (κ1) is 25.2. The maximum absolute atomic E-state index is 13.2. The Labute approximate surface area is 224 Å². The van der Waals surface area contributed by atoms with Crippen LogP contribution in [-0.4, -0.2) is 24.5 Å².